The van der Waals surface area contributed by atoms with E-state index >= 15 is 0 Å². The number of rotatable bonds is 3. The summed E-state index contributed by atoms with van der Waals surface area (Å²) in [6.07, 6.45) is 3.80. The van der Waals surface area contributed by atoms with Crippen molar-refractivity contribution in [1.29, 1.82) is 0 Å². The third-order valence-corrected chi connectivity index (χ3v) is 4.54. The van der Waals surface area contributed by atoms with Crippen LogP contribution in [-0.2, 0) is 4.74 Å². The molecule has 1 aliphatic rings. The van der Waals surface area contributed by atoms with Crippen molar-refractivity contribution >= 4 is 17.3 Å². The number of ether oxygens (including phenoxy) is 1. The molecule has 0 amide bonds. The normalized spacial score (nSPS) is 14.6. The molecule has 136 valence electrons. The molecular weight excluding hydrogens is 316 g/mol. The number of H-pyrrole nitrogens is 1. The predicted octanol–water partition coefficient (Wildman–Crippen LogP) is 3.50. The highest BCUT2D eigenvalue weighted by molar-refractivity contribution is 5.92. The van der Waals surface area contributed by atoms with Gasteiger partial charge in [-0.25, -0.2) is 9.78 Å². The second-order valence-corrected chi connectivity index (χ2v) is 5.94. The van der Waals surface area contributed by atoms with Crippen LogP contribution in [0.15, 0.2) is 24.5 Å². The molecular formula is C19H28N4O2. The van der Waals surface area contributed by atoms with E-state index in [1.807, 2.05) is 19.9 Å². The molecule has 0 saturated carbocycles. The summed E-state index contributed by atoms with van der Waals surface area (Å²) in [5.41, 5.74) is 10.5. The number of nitrogens with one attached hydrogen (secondary N) is 1. The highest BCUT2D eigenvalue weighted by atomic mass is 16.5. The molecule has 1 saturated heterocycles. The van der Waals surface area contributed by atoms with Crippen LogP contribution >= 0.6 is 0 Å². The van der Waals surface area contributed by atoms with Gasteiger partial charge in [0.05, 0.1) is 36.1 Å². The van der Waals surface area contributed by atoms with Crippen molar-refractivity contribution in [2.45, 2.75) is 39.5 Å². The maximum absolute atomic E-state index is 11.7. The van der Waals surface area contributed by atoms with E-state index in [2.05, 4.69) is 21.8 Å². The average Bonchev–Trinajstić information content (AvgIpc) is 3.09. The number of carbonyl (C=O) groups excluding carboxylic acids is 1. The van der Waals surface area contributed by atoms with Crippen LogP contribution in [-0.4, -0.2) is 36.1 Å². The fraction of sp³-hybridized carbons (Fsp3) is 0.474. The summed E-state index contributed by atoms with van der Waals surface area (Å²) in [6.45, 7) is 7.85. The van der Waals surface area contributed by atoms with Gasteiger partial charge in [0.2, 0.25) is 0 Å². The van der Waals surface area contributed by atoms with Crippen molar-refractivity contribution in [3.63, 3.8) is 0 Å². The monoisotopic (exact) mass is 344 g/mol. The lowest BCUT2D eigenvalue weighted by Crippen LogP contribution is -2.33. The summed E-state index contributed by atoms with van der Waals surface area (Å²) >= 11 is 0. The number of benzene rings is 1. The van der Waals surface area contributed by atoms with Crippen LogP contribution in [0.4, 0.5) is 11.4 Å². The standard InChI is InChI=1S/C17H22N4O2.C2H6/c1-11-16(20-10-19-11)12-5-7-21(8-6-12)15-9-13(17(22)23-2)3-4-14(15)18;1-2/h3-4,9-10,12H,5-8,18H2,1-2H3,(H,19,20);1-2H3. The minimum atomic E-state index is -0.340. The van der Waals surface area contributed by atoms with Crippen LogP contribution in [0, 0.1) is 6.92 Å². The molecule has 1 aromatic carbocycles. The molecule has 0 aliphatic carbocycles. The van der Waals surface area contributed by atoms with Gasteiger partial charge in [-0.3, -0.25) is 0 Å². The number of hydrogen-bond acceptors (Lipinski definition) is 5. The van der Waals surface area contributed by atoms with Gasteiger partial charge < -0.3 is 20.4 Å². The van der Waals surface area contributed by atoms with Crippen molar-refractivity contribution in [2.24, 2.45) is 0 Å². The Balaban J connectivity index is 0.00000109. The van der Waals surface area contributed by atoms with Gasteiger partial charge in [0.15, 0.2) is 0 Å². The lowest BCUT2D eigenvalue weighted by Gasteiger charge is -2.34. The molecule has 6 heteroatoms. The van der Waals surface area contributed by atoms with Crippen LogP contribution in [0.1, 0.15) is 54.4 Å². The topological polar surface area (TPSA) is 84.2 Å². The molecule has 2 heterocycles. The van der Waals surface area contributed by atoms with Crippen molar-refractivity contribution < 1.29 is 9.53 Å². The summed E-state index contributed by atoms with van der Waals surface area (Å²) in [6, 6.07) is 5.29. The molecule has 0 bridgehead atoms. The molecule has 1 aliphatic heterocycles. The number of anilines is 2. The Morgan fingerprint density at radius 3 is 2.56 bits per heavy atom. The molecule has 3 rings (SSSR count). The Bertz CT molecular complexity index is 703. The van der Waals surface area contributed by atoms with E-state index in [-0.39, 0.29) is 5.97 Å². The molecule has 0 radical (unpaired) electrons. The van der Waals surface area contributed by atoms with E-state index in [0.717, 1.165) is 37.3 Å². The van der Waals surface area contributed by atoms with Crippen molar-refractivity contribution in [3.05, 3.63) is 41.5 Å². The number of nitrogen functional groups attached to an aromatic ring is 1. The van der Waals surface area contributed by atoms with E-state index < -0.39 is 0 Å². The second-order valence-electron chi connectivity index (χ2n) is 5.94. The Morgan fingerprint density at radius 2 is 2.00 bits per heavy atom. The summed E-state index contributed by atoms with van der Waals surface area (Å²) in [5, 5.41) is 0. The van der Waals surface area contributed by atoms with Gasteiger partial charge in [-0.1, -0.05) is 13.8 Å². The molecule has 0 unspecified atom stereocenters. The fourth-order valence-electron chi connectivity index (χ4n) is 3.24. The van der Waals surface area contributed by atoms with Crippen LogP contribution < -0.4 is 10.6 Å². The average molecular weight is 344 g/mol. The van der Waals surface area contributed by atoms with E-state index in [4.69, 9.17) is 10.5 Å². The number of nitrogens with zero attached hydrogens (tertiary/aromatic N) is 2. The Kier molecular flexibility index (Phi) is 6.44. The highest BCUT2D eigenvalue weighted by Crippen LogP contribution is 2.33. The molecule has 1 aromatic heterocycles. The Morgan fingerprint density at radius 1 is 1.32 bits per heavy atom. The summed E-state index contributed by atoms with van der Waals surface area (Å²) in [5.74, 6) is 0.135. The molecule has 0 spiro atoms. The van der Waals surface area contributed by atoms with Gasteiger partial charge >= 0.3 is 5.97 Å². The molecule has 25 heavy (non-hydrogen) atoms. The van der Waals surface area contributed by atoms with Gasteiger partial charge in [-0.2, -0.15) is 0 Å². The first kappa shape index (κ1) is 18.8. The minimum absolute atomic E-state index is 0.340. The molecule has 1 fully saturated rings. The molecule has 6 nitrogen and oxygen atoms in total. The number of nitrogens with two attached hydrogens (primary N) is 1. The number of carbonyl (C=O) groups is 1. The number of imidazole rings is 1. The van der Waals surface area contributed by atoms with Gasteiger partial charge in [-0.05, 0) is 38.0 Å². The maximum atomic E-state index is 11.7. The number of hydrogen-bond donors (Lipinski definition) is 2. The van der Waals surface area contributed by atoms with E-state index in [1.165, 1.54) is 12.8 Å². The third kappa shape index (κ3) is 4.13. The first-order chi connectivity index (χ1) is 12.1. The maximum Gasteiger partial charge on any atom is 0.337 e. The van der Waals surface area contributed by atoms with Gasteiger partial charge in [0.1, 0.15) is 0 Å². The third-order valence-electron chi connectivity index (χ3n) is 4.54. The second kappa shape index (κ2) is 8.55. The largest absolute Gasteiger partial charge is 0.465 e. The number of methoxy groups -OCH3 is 1. The summed E-state index contributed by atoms with van der Waals surface area (Å²) in [4.78, 5) is 21.5. The van der Waals surface area contributed by atoms with Crippen molar-refractivity contribution in [1.82, 2.24) is 9.97 Å². The Labute approximate surface area is 149 Å². The zero-order chi connectivity index (χ0) is 18.4. The number of aryl methyl sites for hydroxylation is 1. The number of aromatic amines is 1. The quantitative estimate of drug-likeness (QED) is 0.657. The van der Waals surface area contributed by atoms with Crippen LogP contribution in [0.3, 0.4) is 0 Å². The van der Waals surface area contributed by atoms with Gasteiger partial charge in [-0.15, -0.1) is 0 Å². The number of aromatic nitrogens is 2. The molecule has 2 aromatic rings. The van der Waals surface area contributed by atoms with Crippen LogP contribution in [0.2, 0.25) is 0 Å². The minimum Gasteiger partial charge on any atom is -0.465 e. The summed E-state index contributed by atoms with van der Waals surface area (Å²) in [7, 11) is 1.38. The number of piperidine rings is 1. The fourth-order valence-corrected chi connectivity index (χ4v) is 3.24. The Hall–Kier alpha value is -2.50. The SMILES string of the molecule is CC.COC(=O)c1ccc(N)c(N2CCC(c3nc[nH]c3C)CC2)c1. The molecule has 3 N–H and O–H groups in total. The van der Waals surface area contributed by atoms with Crippen molar-refractivity contribution in [2.75, 3.05) is 30.8 Å². The lowest BCUT2D eigenvalue weighted by atomic mass is 9.92. The first-order valence-electron chi connectivity index (χ1n) is 8.82. The van der Waals surface area contributed by atoms with E-state index in [9.17, 15) is 4.79 Å². The first-order valence-corrected chi connectivity index (χ1v) is 8.82. The zero-order valence-corrected chi connectivity index (χ0v) is 15.5. The van der Waals surface area contributed by atoms with Gasteiger partial charge in [0, 0.05) is 24.7 Å². The number of esters is 1. The zero-order valence-electron chi connectivity index (χ0n) is 15.5. The van der Waals surface area contributed by atoms with Crippen LogP contribution in [0.5, 0.6) is 0 Å². The summed E-state index contributed by atoms with van der Waals surface area (Å²) < 4.78 is 4.79. The predicted molar refractivity (Wildman–Crippen MR) is 101 cm³/mol. The van der Waals surface area contributed by atoms with Crippen LogP contribution in [0.25, 0.3) is 0 Å². The van der Waals surface area contributed by atoms with E-state index in [0.29, 0.717) is 17.2 Å². The van der Waals surface area contributed by atoms with Gasteiger partial charge in [0.25, 0.3) is 0 Å². The van der Waals surface area contributed by atoms with Crippen molar-refractivity contribution in [3.8, 4) is 0 Å². The van der Waals surface area contributed by atoms with E-state index in [1.54, 1.807) is 18.5 Å². The highest BCUT2D eigenvalue weighted by Gasteiger charge is 2.25. The lowest BCUT2D eigenvalue weighted by molar-refractivity contribution is 0.0601. The smallest absolute Gasteiger partial charge is 0.337 e. The molecule has 0 atom stereocenters.